The Balaban J connectivity index is 0.000000145. The number of hydrogen-bond donors (Lipinski definition) is 0. The first kappa shape index (κ1) is 76.7. The van der Waals surface area contributed by atoms with Crippen LogP contribution in [0.5, 0.6) is 0 Å². The lowest BCUT2D eigenvalue weighted by atomic mass is 9.90. The number of thiophene rings is 2. The zero-order chi connectivity index (χ0) is 86.0. The van der Waals surface area contributed by atoms with E-state index in [-0.39, 0.29) is 0 Å². The van der Waals surface area contributed by atoms with Crippen LogP contribution in [0, 0.1) is 0 Å². The highest BCUT2D eigenvalue weighted by Gasteiger charge is 2.28. The third-order valence-corrected chi connectivity index (χ3v) is 27.0. The fourth-order valence-corrected chi connectivity index (χ4v) is 21.2. The number of nitrogens with zero attached hydrogens (tertiary/aromatic N) is 10. The Morgan fingerprint density at radius 3 is 1.10 bits per heavy atom. The zero-order valence-electron chi connectivity index (χ0n) is 70.0. The molecular weight excluding hydrogens is 1620 g/mol. The van der Waals surface area contributed by atoms with Crippen LogP contribution in [-0.2, 0) is 0 Å². The van der Waals surface area contributed by atoms with Gasteiger partial charge in [-0.1, -0.05) is 364 Å². The van der Waals surface area contributed by atoms with E-state index in [9.17, 15) is 0 Å². The Bertz CT molecular complexity index is 8510. The van der Waals surface area contributed by atoms with Gasteiger partial charge in [0.25, 0.3) is 0 Å². The normalized spacial score (nSPS) is 11.5. The number of pyridine rings is 2. The average molecular weight is 1700 g/mol. The van der Waals surface area contributed by atoms with Gasteiger partial charge in [0.2, 0.25) is 0 Å². The summed E-state index contributed by atoms with van der Waals surface area (Å²) in [6.07, 6.45) is 4.04. The molecule has 0 aliphatic rings. The monoisotopic (exact) mass is 1690 g/mol. The van der Waals surface area contributed by atoms with Gasteiger partial charge in [0.1, 0.15) is 0 Å². The highest BCUT2D eigenvalue weighted by Crippen LogP contribution is 2.51. The van der Waals surface area contributed by atoms with Crippen LogP contribution in [0.3, 0.4) is 0 Å². The lowest BCUT2D eigenvalue weighted by Crippen LogP contribution is -2.02. The van der Waals surface area contributed by atoms with Gasteiger partial charge in [0.15, 0.2) is 34.9 Å². The van der Waals surface area contributed by atoms with E-state index in [0.717, 1.165) is 133 Å². The molecule has 0 radical (unpaired) electrons. The van der Waals surface area contributed by atoms with Crippen molar-refractivity contribution in [2.45, 2.75) is 0 Å². The van der Waals surface area contributed by atoms with Crippen molar-refractivity contribution in [3.8, 4) is 158 Å². The molecule has 608 valence electrons. The maximum atomic E-state index is 5.52. The fraction of sp³-hybridized carbons (Fsp3) is 0. The lowest BCUT2D eigenvalue weighted by Gasteiger charge is -2.16. The molecule has 0 unspecified atom stereocenters. The minimum atomic E-state index is 0.550. The first-order chi connectivity index (χ1) is 64.5. The summed E-state index contributed by atoms with van der Waals surface area (Å²) in [5.74, 6) is 3.51. The summed E-state index contributed by atoms with van der Waals surface area (Å²) in [7, 11) is 0. The average Bonchev–Trinajstić information content (AvgIpc) is 1.55. The predicted octanol–water partition coefficient (Wildman–Crippen LogP) is 31.1. The Labute approximate surface area is 757 Å². The summed E-state index contributed by atoms with van der Waals surface area (Å²) < 4.78 is 9.61. The summed E-state index contributed by atoms with van der Waals surface area (Å²) in [5.41, 5.74) is 26.8. The molecule has 130 heavy (non-hydrogen) atoms. The lowest BCUT2D eigenvalue weighted by molar-refractivity contribution is 1.07. The second kappa shape index (κ2) is 32.9. The number of fused-ring (bicyclic) bond motifs is 14. The van der Waals surface area contributed by atoms with Crippen LogP contribution in [-0.4, -0.2) is 49.0 Å². The summed E-state index contributed by atoms with van der Waals surface area (Å²) in [4.78, 5) is 42.3. The van der Waals surface area contributed by atoms with E-state index >= 15 is 0 Å². The Kier molecular flexibility index (Phi) is 19.4. The van der Waals surface area contributed by atoms with Crippen LogP contribution in [0.25, 0.3) is 242 Å². The quantitative estimate of drug-likeness (QED) is 0.0997. The van der Waals surface area contributed by atoms with Gasteiger partial charge >= 0.3 is 0 Å². The van der Waals surface area contributed by atoms with E-state index < -0.39 is 0 Å². The maximum absolute atomic E-state index is 5.52. The van der Waals surface area contributed by atoms with Gasteiger partial charge < -0.3 is 9.13 Å². The molecule has 12 heteroatoms. The molecule has 25 rings (SSSR count). The molecule has 0 bridgehead atoms. The van der Waals surface area contributed by atoms with Crippen molar-refractivity contribution in [3.63, 3.8) is 0 Å². The van der Waals surface area contributed by atoms with Crippen LogP contribution >= 0.6 is 22.7 Å². The van der Waals surface area contributed by atoms with Crippen molar-refractivity contribution < 1.29 is 0 Å². The number of benzene rings is 17. The van der Waals surface area contributed by atoms with E-state index in [1.54, 1.807) is 0 Å². The standard InChI is InChI=1S/C62H39N5S.C56H35N5S/c1-6-19-40(20-7-1)44-33-34-47(41-21-8-2-9-22-41)51(37-44)45-38-52(62-65-60(42-23-10-3-11-24-42)64-61(66-62)43-25-12-4-13-26-43)58(63-39-45)50-31-18-30-49-57-55(68-59(49)50)36-35-54-56(57)48-29-16-17-32-53(48)67(54)46-27-14-5-15-28-46;1-5-18-36(19-6-1)41-26-13-14-27-42(41)39-34-47(56-59-54(37-20-7-2-8-21-37)58-55(60-56)38-22-9-3-10-23-38)51(57-35-39)45-29-17-31-49-50(45)46-33-32-44-43-28-15-16-30-48(43)61(52(44)53(46)62-49)40-24-11-4-12-25-40/h1-39H;1-35H. The van der Waals surface area contributed by atoms with E-state index in [1.165, 1.54) is 73.9 Å². The fourth-order valence-electron chi connectivity index (χ4n) is 18.7. The second-order valence-electron chi connectivity index (χ2n) is 32.3. The highest BCUT2D eigenvalue weighted by molar-refractivity contribution is 7.27. The van der Waals surface area contributed by atoms with E-state index in [0.29, 0.717) is 34.9 Å². The number of aromatic nitrogens is 10. The molecule has 0 N–H and O–H groups in total. The minimum absolute atomic E-state index is 0.550. The van der Waals surface area contributed by atoms with Crippen LogP contribution in [0.4, 0.5) is 0 Å². The summed E-state index contributed by atoms with van der Waals surface area (Å²) in [5, 5.41) is 9.72. The maximum Gasteiger partial charge on any atom is 0.166 e. The van der Waals surface area contributed by atoms with Crippen molar-refractivity contribution in [2.75, 3.05) is 0 Å². The molecule has 0 spiro atoms. The molecule has 0 saturated carbocycles. The minimum Gasteiger partial charge on any atom is -0.309 e. The third-order valence-electron chi connectivity index (χ3n) is 24.6. The van der Waals surface area contributed by atoms with Crippen molar-refractivity contribution in [3.05, 3.63) is 449 Å². The molecule has 8 heterocycles. The second-order valence-corrected chi connectivity index (χ2v) is 34.4. The predicted molar refractivity (Wildman–Crippen MR) is 540 cm³/mol. The van der Waals surface area contributed by atoms with Crippen LogP contribution in [0.2, 0.25) is 0 Å². The number of rotatable bonds is 15. The molecule has 0 saturated heterocycles. The third kappa shape index (κ3) is 13.7. The molecule has 0 amide bonds. The summed E-state index contributed by atoms with van der Waals surface area (Å²) >= 11 is 3.65. The molecular formula is C118H74N10S2. The first-order valence-corrected chi connectivity index (χ1v) is 45.1. The van der Waals surface area contributed by atoms with E-state index in [2.05, 4.69) is 349 Å². The van der Waals surface area contributed by atoms with Crippen molar-refractivity contribution in [1.82, 2.24) is 49.0 Å². The molecule has 0 aliphatic heterocycles. The molecule has 10 nitrogen and oxygen atoms in total. The Morgan fingerprint density at radius 1 is 0.185 bits per heavy atom. The van der Waals surface area contributed by atoms with Crippen LogP contribution in [0.1, 0.15) is 0 Å². The molecule has 0 aliphatic carbocycles. The summed E-state index contributed by atoms with van der Waals surface area (Å²) in [6.45, 7) is 0. The SMILES string of the molecule is c1ccc(-c2ccc(-c3ccccc3)c(-c3cnc(-c4cccc5c4sc4ccc6c(c7ccccc7n6-c6ccccc6)c45)c(-c4nc(-c5ccccc5)nc(-c5ccccc5)n4)c3)c2)cc1.c1ccc(-c2nc(-c3ccccc3)nc(-c3cc(-c4ccccc4-c4ccccc4)cnc3-c3cccc4sc5c(ccc6c7ccccc7n(-c7ccccc7)c65)c34)n2)cc1. The van der Waals surface area contributed by atoms with Gasteiger partial charge in [-0.2, -0.15) is 0 Å². The molecule has 0 fully saturated rings. The number of hydrogen-bond acceptors (Lipinski definition) is 10. The molecule has 25 aromatic rings. The van der Waals surface area contributed by atoms with Gasteiger partial charge in [-0.15, -0.1) is 22.7 Å². The van der Waals surface area contributed by atoms with Crippen LogP contribution < -0.4 is 0 Å². The smallest absolute Gasteiger partial charge is 0.166 e. The van der Waals surface area contributed by atoms with Gasteiger partial charge in [-0.05, 0) is 117 Å². The van der Waals surface area contributed by atoms with E-state index in [4.69, 9.17) is 39.9 Å². The van der Waals surface area contributed by atoms with Crippen molar-refractivity contribution >= 4 is 107 Å². The Morgan fingerprint density at radius 2 is 0.554 bits per heavy atom. The molecule has 17 aromatic carbocycles. The largest absolute Gasteiger partial charge is 0.309 e. The van der Waals surface area contributed by atoms with Gasteiger partial charge in [0.05, 0.1) is 38.2 Å². The van der Waals surface area contributed by atoms with Crippen molar-refractivity contribution in [2.24, 2.45) is 0 Å². The van der Waals surface area contributed by atoms with Crippen molar-refractivity contribution in [1.29, 1.82) is 0 Å². The van der Waals surface area contributed by atoms with Gasteiger partial charge in [0, 0.05) is 137 Å². The first-order valence-electron chi connectivity index (χ1n) is 43.5. The van der Waals surface area contributed by atoms with Crippen LogP contribution in [0.15, 0.2) is 449 Å². The van der Waals surface area contributed by atoms with Gasteiger partial charge in [-0.3, -0.25) is 9.97 Å². The summed E-state index contributed by atoms with van der Waals surface area (Å²) in [6, 6.07) is 153. The highest BCUT2D eigenvalue weighted by atomic mass is 32.1. The van der Waals surface area contributed by atoms with E-state index in [1.807, 2.05) is 132 Å². The molecule has 8 aromatic heterocycles. The zero-order valence-corrected chi connectivity index (χ0v) is 71.6. The Hall–Kier alpha value is -16.9. The molecule has 0 atom stereocenters. The number of para-hydroxylation sites is 4. The topological polar surface area (TPSA) is 113 Å². The van der Waals surface area contributed by atoms with Gasteiger partial charge in [-0.25, -0.2) is 29.9 Å².